The van der Waals surface area contributed by atoms with Crippen molar-refractivity contribution in [1.82, 2.24) is 4.90 Å². The Kier molecular flexibility index (Phi) is 10.5. The minimum atomic E-state index is -1.03. The van der Waals surface area contributed by atoms with Gasteiger partial charge in [-0.25, -0.2) is 0 Å². The van der Waals surface area contributed by atoms with E-state index in [1.54, 1.807) is 16.3 Å². The van der Waals surface area contributed by atoms with E-state index in [-0.39, 0.29) is 26.0 Å². The molecule has 0 aromatic carbocycles. The Balaban J connectivity index is 2.54. The fourth-order valence-corrected chi connectivity index (χ4v) is 8.02. The van der Waals surface area contributed by atoms with Crippen LogP contribution in [-0.2, 0) is 9.53 Å². The number of nitrogens with zero attached hydrogens (tertiary/aromatic N) is 2. The van der Waals surface area contributed by atoms with Gasteiger partial charge in [0.1, 0.15) is 0 Å². The standard InChI is InChI=1S/C26H38IN2O4S/c1-17-9-11-19(12-10-17)24(30)29(27-21(16-33-8)18(2)28(6)7)22-15-20(13-14-26(3,4)5)34-23(22)25(31)32/h15,17,19,21H,2,9-12,16H2,1,3-8H3,(H,31,32)/q-1. The monoisotopic (exact) mass is 601 g/mol. The molecule has 1 amide bonds. The summed E-state index contributed by atoms with van der Waals surface area (Å²) in [7, 11) is 5.50. The van der Waals surface area contributed by atoms with Crippen LogP contribution in [0.1, 0.15) is 67.9 Å². The van der Waals surface area contributed by atoms with Crippen LogP contribution >= 0.6 is 11.3 Å². The molecule has 0 aliphatic heterocycles. The zero-order valence-electron chi connectivity index (χ0n) is 21.4. The summed E-state index contributed by atoms with van der Waals surface area (Å²) < 4.78 is 7.19. The third kappa shape index (κ3) is 7.99. The van der Waals surface area contributed by atoms with Gasteiger partial charge in [0.05, 0.1) is 0 Å². The van der Waals surface area contributed by atoms with E-state index in [9.17, 15) is 14.7 Å². The Bertz CT molecular complexity index is 946. The maximum atomic E-state index is 13.9. The van der Waals surface area contributed by atoms with Gasteiger partial charge >= 0.3 is 220 Å². The summed E-state index contributed by atoms with van der Waals surface area (Å²) in [6.45, 7) is 12.9. The van der Waals surface area contributed by atoms with Crippen molar-refractivity contribution in [3.63, 3.8) is 0 Å². The van der Waals surface area contributed by atoms with Gasteiger partial charge in [-0.3, -0.25) is 0 Å². The van der Waals surface area contributed by atoms with E-state index < -0.39 is 27.4 Å². The van der Waals surface area contributed by atoms with Crippen LogP contribution in [0.3, 0.4) is 0 Å². The molecule has 6 nitrogen and oxygen atoms in total. The number of carboxylic acids is 1. The quantitative estimate of drug-likeness (QED) is 0.203. The molecule has 2 rings (SSSR count). The molecule has 1 aliphatic rings. The van der Waals surface area contributed by atoms with Gasteiger partial charge in [0, 0.05) is 0 Å². The number of thiophene rings is 1. The first-order valence-electron chi connectivity index (χ1n) is 11.6. The summed E-state index contributed by atoms with van der Waals surface area (Å²) in [5, 5.41) is 10.0. The van der Waals surface area contributed by atoms with Gasteiger partial charge < -0.3 is 0 Å². The predicted molar refractivity (Wildman–Crippen MR) is 135 cm³/mol. The average Bonchev–Trinajstić information content (AvgIpc) is 3.18. The normalized spacial score (nSPS) is 19.1. The summed E-state index contributed by atoms with van der Waals surface area (Å²) in [6.07, 6.45) is 3.72. The second kappa shape index (κ2) is 12.4. The molecule has 0 saturated heterocycles. The van der Waals surface area contributed by atoms with E-state index in [0.717, 1.165) is 42.7 Å². The Morgan fingerprint density at radius 3 is 2.41 bits per heavy atom. The molecule has 1 aliphatic carbocycles. The molecule has 1 unspecified atom stereocenters. The molecule has 1 N–H and O–H groups in total. The van der Waals surface area contributed by atoms with Crippen molar-refractivity contribution in [2.45, 2.75) is 57.3 Å². The summed E-state index contributed by atoms with van der Waals surface area (Å²) in [5.41, 5.74) is 1.14. The van der Waals surface area contributed by atoms with Crippen LogP contribution in [-0.4, -0.2) is 53.6 Å². The first-order chi connectivity index (χ1) is 15.8. The molecule has 0 bridgehead atoms. The molecular weight excluding hydrogens is 563 g/mol. The number of amides is 1. The van der Waals surface area contributed by atoms with Crippen LogP contribution < -0.4 is 24.6 Å². The van der Waals surface area contributed by atoms with E-state index in [1.165, 1.54) is 0 Å². The van der Waals surface area contributed by atoms with Crippen LogP contribution in [0.15, 0.2) is 18.3 Å². The molecule has 1 fully saturated rings. The zero-order chi connectivity index (χ0) is 25.6. The third-order valence-electron chi connectivity index (χ3n) is 5.70. The molecule has 190 valence electrons. The number of aromatic carboxylic acids is 1. The number of alkyl halides is 1. The van der Waals surface area contributed by atoms with Crippen molar-refractivity contribution in [1.29, 1.82) is 0 Å². The fraction of sp³-hybridized carbons (Fsp3) is 0.615. The van der Waals surface area contributed by atoms with Crippen LogP contribution in [0.5, 0.6) is 0 Å². The molecule has 1 aromatic heterocycles. The molecule has 1 atom stereocenters. The van der Waals surface area contributed by atoms with E-state index in [2.05, 4.69) is 25.3 Å². The molecule has 0 radical (unpaired) electrons. The number of anilines is 1. The Morgan fingerprint density at radius 2 is 1.91 bits per heavy atom. The van der Waals surface area contributed by atoms with Gasteiger partial charge in [-0.15, -0.1) is 0 Å². The SMILES string of the molecule is C=C(C(COC)[I-]N(C(=O)C1CCC(C)CC1)c1cc(C#CC(C)(C)C)sc1C(=O)O)N(C)C. The maximum absolute atomic E-state index is 13.9. The number of halogens is 1. The summed E-state index contributed by atoms with van der Waals surface area (Å²) in [4.78, 5) is 28.9. The summed E-state index contributed by atoms with van der Waals surface area (Å²) in [6, 6.07) is 1.79. The van der Waals surface area contributed by atoms with Crippen molar-refractivity contribution in [2.24, 2.45) is 17.3 Å². The predicted octanol–water partition coefficient (Wildman–Crippen LogP) is 2.10. The summed E-state index contributed by atoms with van der Waals surface area (Å²) in [5.74, 6) is 5.85. The van der Waals surface area contributed by atoms with Gasteiger partial charge in [0.25, 0.3) is 0 Å². The van der Waals surface area contributed by atoms with Crippen molar-refractivity contribution >= 4 is 28.9 Å². The Morgan fingerprint density at radius 1 is 1.29 bits per heavy atom. The van der Waals surface area contributed by atoms with Crippen molar-refractivity contribution in [2.75, 3.05) is 30.9 Å². The van der Waals surface area contributed by atoms with Gasteiger partial charge in [-0.1, -0.05) is 0 Å². The van der Waals surface area contributed by atoms with Gasteiger partial charge in [-0.2, -0.15) is 0 Å². The van der Waals surface area contributed by atoms with E-state index in [0.29, 0.717) is 23.1 Å². The topological polar surface area (TPSA) is 70.1 Å². The van der Waals surface area contributed by atoms with E-state index >= 15 is 0 Å². The molecule has 1 saturated carbocycles. The number of carbonyl (C=O) groups excluding carboxylic acids is 1. The number of ether oxygens (including phenoxy) is 1. The second-order valence-corrected chi connectivity index (χ2v) is 14.2. The Labute approximate surface area is 219 Å². The minimum absolute atomic E-state index is 0.0305. The molecule has 8 heteroatoms. The number of carbonyl (C=O) groups is 2. The van der Waals surface area contributed by atoms with Gasteiger partial charge in [-0.05, 0) is 0 Å². The first-order valence-corrected chi connectivity index (χ1v) is 14.6. The molecule has 1 aromatic rings. The fourth-order valence-electron chi connectivity index (χ4n) is 3.60. The number of carboxylic acid groups (broad SMARTS) is 1. The average molecular weight is 602 g/mol. The van der Waals surface area contributed by atoms with Crippen LogP contribution in [0, 0.1) is 29.1 Å². The zero-order valence-corrected chi connectivity index (χ0v) is 24.4. The first kappa shape index (κ1) is 28.7. The second-order valence-electron chi connectivity index (χ2n) is 10.1. The van der Waals surface area contributed by atoms with E-state index in [1.807, 2.05) is 39.8 Å². The van der Waals surface area contributed by atoms with Crippen LogP contribution in [0.2, 0.25) is 0 Å². The Hall–Kier alpha value is -1.57. The van der Waals surface area contributed by atoms with Gasteiger partial charge in [0.2, 0.25) is 0 Å². The molecular formula is C26H38IN2O4S-. The number of hydrogen-bond donors (Lipinski definition) is 1. The van der Waals surface area contributed by atoms with E-state index in [4.69, 9.17) is 4.74 Å². The van der Waals surface area contributed by atoms with Crippen molar-refractivity contribution < 1.29 is 40.9 Å². The van der Waals surface area contributed by atoms with Crippen molar-refractivity contribution in [3.05, 3.63) is 28.1 Å². The number of methoxy groups -OCH3 is 1. The van der Waals surface area contributed by atoms with Crippen molar-refractivity contribution in [3.8, 4) is 11.8 Å². The summed E-state index contributed by atoms with van der Waals surface area (Å²) >= 11 is 0.149. The number of hydrogen-bond acceptors (Lipinski definition) is 5. The third-order valence-corrected chi connectivity index (χ3v) is 10.0. The van der Waals surface area contributed by atoms with Crippen LogP contribution in [0.25, 0.3) is 0 Å². The molecule has 0 spiro atoms. The van der Waals surface area contributed by atoms with Gasteiger partial charge in [0.15, 0.2) is 0 Å². The molecule has 1 heterocycles. The number of rotatable bonds is 9. The van der Waals surface area contributed by atoms with Crippen LogP contribution in [0.4, 0.5) is 5.69 Å². The molecule has 34 heavy (non-hydrogen) atoms.